The second-order valence-corrected chi connectivity index (χ2v) is 3.70. The number of carbonyl (C=O) groups excluding carboxylic acids is 1. The average Bonchev–Trinajstić information content (AvgIpc) is 2.46. The summed E-state index contributed by atoms with van der Waals surface area (Å²) in [6.45, 7) is 1.51. The zero-order chi connectivity index (χ0) is 9.42. The lowest BCUT2D eigenvalue weighted by atomic mass is 10.4. The van der Waals surface area contributed by atoms with Gasteiger partial charge in [0.2, 0.25) is 0 Å². The number of Topliss-reactive ketones (excluding diaryl/α,β-unsaturated/α-hetero) is 1. The summed E-state index contributed by atoms with van der Waals surface area (Å²) in [6.07, 6.45) is 3.52. The van der Waals surface area contributed by atoms with Gasteiger partial charge >= 0.3 is 0 Å². The van der Waals surface area contributed by atoms with Crippen molar-refractivity contribution < 1.29 is 4.79 Å². The van der Waals surface area contributed by atoms with E-state index in [1.54, 1.807) is 10.6 Å². The summed E-state index contributed by atoms with van der Waals surface area (Å²) in [5, 5.41) is 0. The van der Waals surface area contributed by atoms with Crippen LogP contribution in [0.25, 0.3) is 5.52 Å². The quantitative estimate of drug-likeness (QED) is 0.715. The monoisotopic (exact) mass is 238 g/mol. The Morgan fingerprint density at radius 1 is 1.54 bits per heavy atom. The summed E-state index contributed by atoms with van der Waals surface area (Å²) in [7, 11) is 0. The number of hydrogen-bond donors (Lipinski definition) is 0. The Morgan fingerprint density at radius 2 is 2.31 bits per heavy atom. The lowest BCUT2D eigenvalue weighted by molar-refractivity contribution is 0.100. The standard InChI is InChI=1S/C9H7BrN2O/c1-6(13)9-11-4-8-3-2-7(10)5-12(8)9/h2-5H,1H3. The Morgan fingerprint density at radius 3 is 3.00 bits per heavy atom. The van der Waals surface area contributed by atoms with Gasteiger partial charge in [0.1, 0.15) is 0 Å². The van der Waals surface area contributed by atoms with E-state index in [-0.39, 0.29) is 5.78 Å². The Labute approximate surface area is 83.5 Å². The predicted molar refractivity (Wildman–Crippen MR) is 52.9 cm³/mol. The lowest BCUT2D eigenvalue weighted by Crippen LogP contribution is -1.99. The van der Waals surface area contributed by atoms with Crippen molar-refractivity contribution in [2.45, 2.75) is 6.92 Å². The van der Waals surface area contributed by atoms with Gasteiger partial charge in [0.05, 0.1) is 11.7 Å². The van der Waals surface area contributed by atoms with Crippen molar-refractivity contribution in [2.75, 3.05) is 0 Å². The van der Waals surface area contributed by atoms with Gasteiger partial charge in [-0.3, -0.25) is 9.20 Å². The summed E-state index contributed by atoms with van der Waals surface area (Å²) >= 11 is 3.34. The molecule has 66 valence electrons. The fourth-order valence-corrected chi connectivity index (χ4v) is 1.56. The molecule has 0 saturated heterocycles. The van der Waals surface area contributed by atoms with Crippen LogP contribution in [0.1, 0.15) is 17.5 Å². The van der Waals surface area contributed by atoms with Gasteiger partial charge in [-0.2, -0.15) is 0 Å². The van der Waals surface area contributed by atoms with E-state index in [9.17, 15) is 4.79 Å². The molecule has 0 aliphatic heterocycles. The first-order chi connectivity index (χ1) is 6.18. The molecule has 2 rings (SSSR count). The van der Waals surface area contributed by atoms with E-state index in [4.69, 9.17) is 0 Å². The van der Waals surface area contributed by atoms with Crippen LogP contribution in [-0.2, 0) is 0 Å². The summed E-state index contributed by atoms with van der Waals surface area (Å²) in [4.78, 5) is 15.2. The molecular weight excluding hydrogens is 232 g/mol. The number of pyridine rings is 1. The van der Waals surface area contributed by atoms with Gasteiger partial charge in [0, 0.05) is 17.6 Å². The molecule has 0 fully saturated rings. The van der Waals surface area contributed by atoms with Crippen LogP contribution in [0, 0.1) is 0 Å². The molecule has 13 heavy (non-hydrogen) atoms. The molecule has 0 bridgehead atoms. The highest BCUT2D eigenvalue weighted by molar-refractivity contribution is 9.10. The van der Waals surface area contributed by atoms with Crippen LogP contribution < -0.4 is 0 Å². The summed E-state index contributed by atoms with van der Waals surface area (Å²) in [5.74, 6) is 0.439. The van der Waals surface area contributed by atoms with Crippen molar-refractivity contribution in [2.24, 2.45) is 0 Å². The van der Waals surface area contributed by atoms with E-state index in [2.05, 4.69) is 20.9 Å². The van der Waals surface area contributed by atoms with Gasteiger partial charge in [-0.15, -0.1) is 0 Å². The van der Waals surface area contributed by atoms with Crippen molar-refractivity contribution >= 4 is 27.2 Å². The van der Waals surface area contributed by atoms with Crippen LogP contribution in [0.3, 0.4) is 0 Å². The van der Waals surface area contributed by atoms with Gasteiger partial charge in [-0.1, -0.05) is 0 Å². The van der Waals surface area contributed by atoms with Crippen LogP contribution in [-0.4, -0.2) is 15.2 Å². The van der Waals surface area contributed by atoms with Crippen molar-refractivity contribution in [3.05, 3.63) is 34.8 Å². The summed E-state index contributed by atoms with van der Waals surface area (Å²) < 4.78 is 2.70. The van der Waals surface area contributed by atoms with Crippen LogP contribution in [0.5, 0.6) is 0 Å². The van der Waals surface area contributed by atoms with Crippen LogP contribution in [0.4, 0.5) is 0 Å². The van der Waals surface area contributed by atoms with Gasteiger partial charge in [-0.05, 0) is 28.1 Å². The molecule has 0 radical (unpaired) electrons. The van der Waals surface area contributed by atoms with E-state index in [1.165, 1.54) is 6.92 Å². The molecule has 0 saturated carbocycles. The van der Waals surface area contributed by atoms with E-state index in [0.717, 1.165) is 9.99 Å². The minimum Gasteiger partial charge on any atom is -0.296 e. The van der Waals surface area contributed by atoms with Gasteiger partial charge in [-0.25, -0.2) is 4.98 Å². The number of fused-ring (bicyclic) bond motifs is 1. The lowest BCUT2D eigenvalue weighted by Gasteiger charge is -1.97. The minimum absolute atomic E-state index is 0.0295. The molecular formula is C9H7BrN2O. The van der Waals surface area contributed by atoms with Gasteiger partial charge < -0.3 is 0 Å². The number of hydrogen-bond acceptors (Lipinski definition) is 2. The smallest absolute Gasteiger partial charge is 0.195 e. The second kappa shape index (κ2) is 2.96. The highest BCUT2D eigenvalue weighted by atomic mass is 79.9. The topological polar surface area (TPSA) is 34.4 Å². The molecule has 0 aliphatic rings. The van der Waals surface area contributed by atoms with Gasteiger partial charge in [0.15, 0.2) is 11.6 Å². The third-order valence-corrected chi connectivity index (χ3v) is 2.28. The van der Waals surface area contributed by atoms with Crippen molar-refractivity contribution in [3.8, 4) is 0 Å². The minimum atomic E-state index is -0.0295. The number of halogens is 1. The van der Waals surface area contributed by atoms with Crippen LogP contribution >= 0.6 is 15.9 Å². The highest BCUT2D eigenvalue weighted by Gasteiger charge is 2.07. The third-order valence-electron chi connectivity index (χ3n) is 1.81. The maximum atomic E-state index is 11.1. The van der Waals surface area contributed by atoms with Crippen molar-refractivity contribution in [3.63, 3.8) is 0 Å². The van der Waals surface area contributed by atoms with Gasteiger partial charge in [0.25, 0.3) is 0 Å². The largest absolute Gasteiger partial charge is 0.296 e. The molecule has 0 amide bonds. The van der Waals surface area contributed by atoms with Crippen molar-refractivity contribution in [1.29, 1.82) is 0 Å². The molecule has 3 nitrogen and oxygen atoms in total. The Balaban J connectivity index is 2.79. The molecule has 2 aromatic heterocycles. The predicted octanol–water partition coefficient (Wildman–Crippen LogP) is 2.30. The first-order valence-corrected chi connectivity index (χ1v) is 4.61. The van der Waals surface area contributed by atoms with E-state index >= 15 is 0 Å². The molecule has 4 heteroatoms. The normalized spacial score (nSPS) is 10.6. The number of ketones is 1. The zero-order valence-electron chi connectivity index (χ0n) is 6.99. The molecule has 0 aliphatic carbocycles. The van der Waals surface area contributed by atoms with E-state index < -0.39 is 0 Å². The molecule has 0 unspecified atom stereocenters. The Kier molecular flexibility index (Phi) is 1.92. The maximum Gasteiger partial charge on any atom is 0.195 e. The summed E-state index contributed by atoms with van der Waals surface area (Å²) in [6, 6.07) is 3.82. The van der Waals surface area contributed by atoms with E-state index in [1.807, 2.05) is 18.3 Å². The first-order valence-electron chi connectivity index (χ1n) is 3.82. The fraction of sp³-hybridized carbons (Fsp3) is 0.111. The maximum absolute atomic E-state index is 11.1. The highest BCUT2D eigenvalue weighted by Crippen LogP contribution is 2.13. The average molecular weight is 239 g/mol. The molecule has 0 aromatic carbocycles. The number of imidazole rings is 1. The molecule has 0 atom stereocenters. The number of nitrogens with zero attached hydrogens (tertiary/aromatic N) is 2. The third kappa shape index (κ3) is 1.37. The summed E-state index contributed by atoms with van der Waals surface area (Å²) in [5.41, 5.74) is 0.924. The number of carbonyl (C=O) groups is 1. The fourth-order valence-electron chi connectivity index (χ4n) is 1.22. The zero-order valence-corrected chi connectivity index (χ0v) is 8.58. The molecule has 2 heterocycles. The Hall–Kier alpha value is -1.16. The number of aromatic nitrogens is 2. The van der Waals surface area contributed by atoms with Crippen molar-refractivity contribution in [1.82, 2.24) is 9.38 Å². The molecule has 0 spiro atoms. The van der Waals surface area contributed by atoms with E-state index in [0.29, 0.717) is 5.82 Å². The molecule has 2 aromatic rings. The van der Waals surface area contributed by atoms with Crippen LogP contribution in [0.15, 0.2) is 29.0 Å². The Bertz CT molecular complexity index is 475. The SMILES string of the molecule is CC(=O)c1ncc2ccc(Br)cn12. The van der Waals surface area contributed by atoms with Crippen LogP contribution in [0.2, 0.25) is 0 Å². The molecule has 0 N–H and O–H groups in total. The second-order valence-electron chi connectivity index (χ2n) is 2.78. The number of rotatable bonds is 1. The first kappa shape index (κ1) is 8.44.